The smallest absolute Gasteiger partial charge is 0.261 e. The summed E-state index contributed by atoms with van der Waals surface area (Å²) in [5.74, 6) is 0.550. The van der Waals surface area contributed by atoms with Crippen LogP contribution in [0, 0.1) is 0 Å². The molecule has 2 rings (SSSR count). The number of amides is 1. The summed E-state index contributed by atoms with van der Waals surface area (Å²) in [7, 11) is -0.901. The molecule has 0 aromatic heterocycles. The van der Waals surface area contributed by atoms with Gasteiger partial charge in [0.25, 0.3) is 10.0 Å². The summed E-state index contributed by atoms with van der Waals surface area (Å²) in [6.45, 7) is 1.83. The first-order valence-electron chi connectivity index (χ1n) is 8.35. The maximum absolute atomic E-state index is 12.7. The van der Waals surface area contributed by atoms with Gasteiger partial charge in [0.15, 0.2) is 0 Å². The fourth-order valence-corrected chi connectivity index (χ4v) is 3.34. The Morgan fingerprint density at radius 2 is 1.71 bits per heavy atom. The molecule has 2 aromatic rings. The number of nitrogens with one attached hydrogen (secondary N) is 2. The van der Waals surface area contributed by atoms with Crippen LogP contribution in [0.15, 0.2) is 71.7 Å². The van der Waals surface area contributed by atoms with Crippen LogP contribution in [0.25, 0.3) is 0 Å². The Labute approximate surface area is 164 Å². The van der Waals surface area contributed by atoms with Gasteiger partial charge in [-0.2, -0.15) is 0 Å². The zero-order valence-electron chi connectivity index (χ0n) is 15.8. The third kappa shape index (κ3) is 5.62. The lowest BCUT2D eigenvalue weighted by atomic mass is 10.3. The Morgan fingerprint density at radius 3 is 2.32 bits per heavy atom. The molecule has 0 bridgehead atoms. The van der Waals surface area contributed by atoms with E-state index < -0.39 is 15.9 Å². The number of allylic oxidation sites excluding steroid dienone is 3. The average Bonchev–Trinajstić information content (AvgIpc) is 2.68. The van der Waals surface area contributed by atoms with Crippen LogP contribution < -0.4 is 19.5 Å². The molecule has 148 valence electrons. The van der Waals surface area contributed by atoms with Crippen molar-refractivity contribution in [3.8, 4) is 11.5 Å². The Hall–Kier alpha value is -3.26. The van der Waals surface area contributed by atoms with Crippen LogP contribution in [0.5, 0.6) is 11.5 Å². The Morgan fingerprint density at radius 1 is 1.00 bits per heavy atom. The molecule has 0 fully saturated rings. The van der Waals surface area contributed by atoms with E-state index in [4.69, 9.17) is 9.47 Å². The molecule has 0 aliphatic carbocycles. The van der Waals surface area contributed by atoms with Crippen molar-refractivity contribution in [2.24, 2.45) is 0 Å². The van der Waals surface area contributed by atoms with Crippen LogP contribution in [0.3, 0.4) is 0 Å². The van der Waals surface area contributed by atoms with Gasteiger partial charge < -0.3 is 14.8 Å². The van der Waals surface area contributed by atoms with Crippen molar-refractivity contribution in [3.05, 3.63) is 66.8 Å². The SMILES string of the molecule is C/C=C/C=C/C(=O)Nc1cc(S(=O)(=O)Nc2ccc(OC)cc2)ccc1OC. The van der Waals surface area contributed by atoms with E-state index in [1.807, 2.05) is 6.92 Å². The number of carbonyl (C=O) groups excluding carboxylic acids is 1. The van der Waals surface area contributed by atoms with Crippen LogP contribution >= 0.6 is 0 Å². The van der Waals surface area contributed by atoms with Crippen molar-refractivity contribution in [1.29, 1.82) is 0 Å². The highest BCUT2D eigenvalue weighted by Crippen LogP contribution is 2.28. The first kappa shape index (κ1) is 21.0. The molecular weight excluding hydrogens is 380 g/mol. The quantitative estimate of drug-likeness (QED) is 0.520. The van der Waals surface area contributed by atoms with Gasteiger partial charge in [-0.05, 0) is 49.4 Å². The third-order valence-corrected chi connectivity index (χ3v) is 5.01. The maximum atomic E-state index is 12.7. The topological polar surface area (TPSA) is 93.7 Å². The molecule has 2 N–H and O–H groups in total. The van der Waals surface area contributed by atoms with Crippen molar-refractivity contribution >= 4 is 27.3 Å². The van der Waals surface area contributed by atoms with Gasteiger partial charge in [0, 0.05) is 11.8 Å². The van der Waals surface area contributed by atoms with E-state index in [0.717, 1.165) is 0 Å². The summed E-state index contributed by atoms with van der Waals surface area (Å²) < 4.78 is 38.1. The van der Waals surface area contributed by atoms with E-state index in [1.165, 1.54) is 38.5 Å². The molecule has 1 amide bonds. The van der Waals surface area contributed by atoms with Gasteiger partial charge in [-0.1, -0.05) is 18.2 Å². The first-order chi connectivity index (χ1) is 13.4. The summed E-state index contributed by atoms with van der Waals surface area (Å²) in [6.07, 6.45) is 6.39. The summed E-state index contributed by atoms with van der Waals surface area (Å²) in [6, 6.07) is 10.7. The fourth-order valence-electron chi connectivity index (χ4n) is 2.25. The van der Waals surface area contributed by atoms with Gasteiger partial charge in [-0.3, -0.25) is 9.52 Å². The highest BCUT2D eigenvalue weighted by Gasteiger charge is 2.17. The molecule has 0 saturated carbocycles. The second-order valence-corrected chi connectivity index (χ2v) is 7.25. The molecule has 0 atom stereocenters. The molecule has 0 spiro atoms. The minimum absolute atomic E-state index is 0.0168. The van der Waals surface area contributed by atoms with Gasteiger partial charge >= 0.3 is 0 Å². The Balaban J connectivity index is 2.27. The van der Waals surface area contributed by atoms with Crippen molar-refractivity contribution in [2.45, 2.75) is 11.8 Å². The predicted octanol–water partition coefficient (Wildman–Crippen LogP) is 3.58. The minimum atomic E-state index is -3.86. The number of hydrogen-bond donors (Lipinski definition) is 2. The highest BCUT2D eigenvalue weighted by atomic mass is 32.2. The number of anilines is 2. The lowest BCUT2D eigenvalue weighted by Gasteiger charge is -2.13. The number of methoxy groups -OCH3 is 2. The third-order valence-electron chi connectivity index (χ3n) is 3.63. The molecule has 0 aliphatic rings. The molecular formula is C20H22N2O5S. The number of ether oxygens (including phenoxy) is 2. The van der Waals surface area contributed by atoms with Crippen LogP contribution in [0.4, 0.5) is 11.4 Å². The van der Waals surface area contributed by atoms with E-state index >= 15 is 0 Å². The molecule has 7 nitrogen and oxygen atoms in total. The van der Waals surface area contributed by atoms with E-state index in [-0.39, 0.29) is 10.6 Å². The number of rotatable bonds is 8. The monoisotopic (exact) mass is 402 g/mol. The van der Waals surface area contributed by atoms with E-state index in [1.54, 1.807) is 42.5 Å². The van der Waals surface area contributed by atoms with Crippen LogP contribution in [-0.4, -0.2) is 28.5 Å². The van der Waals surface area contributed by atoms with E-state index in [2.05, 4.69) is 10.0 Å². The molecule has 0 aliphatic heterocycles. The largest absolute Gasteiger partial charge is 0.497 e. The van der Waals surface area contributed by atoms with Crippen molar-refractivity contribution in [2.75, 3.05) is 24.3 Å². The van der Waals surface area contributed by atoms with Crippen LogP contribution in [0.1, 0.15) is 6.92 Å². The standard InChI is InChI=1S/C20H22N2O5S/c1-4-5-6-7-20(23)21-18-14-17(12-13-19(18)27-3)28(24,25)22-15-8-10-16(26-2)11-9-15/h4-14,22H,1-3H3,(H,21,23)/b5-4+,7-6+. The first-order valence-corrected chi connectivity index (χ1v) is 9.83. The maximum Gasteiger partial charge on any atom is 0.261 e. The average molecular weight is 402 g/mol. The molecule has 28 heavy (non-hydrogen) atoms. The molecule has 0 radical (unpaired) electrons. The molecule has 0 unspecified atom stereocenters. The van der Waals surface area contributed by atoms with Gasteiger partial charge in [-0.25, -0.2) is 8.42 Å². The van der Waals surface area contributed by atoms with E-state index in [9.17, 15) is 13.2 Å². The summed E-state index contributed by atoms with van der Waals surface area (Å²) >= 11 is 0. The number of carbonyl (C=O) groups is 1. The number of benzene rings is 2. The summed E-state index contributed by atoms with van der Waals surface area (Å²) in [4.78, 5) is 12.0. The normalized spacial score (nSPS) is 11.5. The van der Waals surface area contributed by atoms with Crippen molar-refractivity contribution in [3.63, 3.8) is 0 Å². The molecule has 2 aromatic carbocycles. The zero-order valence-corrected chi connectivity index (χ0v) is 16.6. The number of hydrogen-bond acceptors (Lipinski definition) is 5. The number of sulfonamides is 1. The molecule has 0 heterocycles. The lowest BCUT2D eigenvalue weighted by Crippen LogP contribution is -2.14. The van der Waals surface area contributed by atoms with Crippen molar-refractivity contribution < 1.29 is 22.7 Å². The fraction of sp³-hybridized carbons (Fsp3) is 0.150. The van der Waals surface area contributed by atoms with Crippen LogP contribution in [-0.2, 0) is 14.8 Å². The highest BCUT2D eigenvalue weighted by molar-refractivity contribution is 7.92. The molecule has 8 heteroatoms. The second-order valence-electron chi connectivity index (χ2n) is 5.57. The van der Waals surface area contributed by atoms with Gasteiger partial charge in [-0.15, -0.1) is 0 Å². The Kier molecular flexibility index (Phi) is 7.22. The molecule has 0 saturated heterocycles. The Bertz CT molecular complexity index is 980. The van der Waals surface area contributed by atoms with Gasteiger partial charge in [0.2, 0.25) is 5.91 Å². The predicted molar refractivity (Wildman–Crippen MR) is 109 cm³/mol. The lowest BCUT2D eigenvalue weighted by molar-refractivity contribution is -0.111. The van der Waals surface area contributed by atoms with Gasteiger partial charge in [0.05, 0.1) is 24.8 Å². The van der Waals surface area contributed by atoms with Crippen LogP contribution in [0.2, 0.25) is 0 Å². The minimum Gasteiger partial charge on any atom is -0.497 e. The van der Waals surface area contributed by atoms with E-state index in [0.29, 0.717) is 17.2 Å². The summed E-state index contributed by atoms with van der Waals surface area (Å²) in [5, 5.41) is 2.62. The zero-order chi connectivity index (χ0) is 20.6. The van der Waals surface area contributed by atoms with Gasteiger partial charge in [0.1, 0.15) is 11.5 Å². The van der Waals surface area contributed by atoms with Crippen molar-refractivity contribution in [1.82, 2.24) is 0 Å². The summed E-state index contributed by atoms with van der Waals surface area (Å²) in [5.41, 5.74) is 0.631. The second kappa shape index (κ2) is 9.61.